The zero-order valence-corrected chi connectivity index (χ0v) is 11.6. The predicted octanol–water partition coefficient (Wildman–Crippen LogP) is 3.22. The van der Waals surface area contributed by atoms with E-state index in [2.05, 4.69) is 17.3 Å². The average molecular weight is 282 g/mol. The van der Waals surface area contributed by atoms with Gasteiger partial charge < -0.3 is 5.32 Å². The Bertz CT molecular complexity index is 539. The van der Waals surface area contributed by atoms with Gasteiger partial charge in [0.15, 0.2) is 0 Å². The van der Waals surface area contributed by atoms with Crippen LogP contribution in [0.15, 0.2) is 30.6 Å². The molecular formula is C14H17ClFN3. The number of hydrogen-bond donors (Lipinski definition) is 1. The summed E-state index contributed by atoms with van der Waals surface area (Å²) < 4.78 is 15.1. The highest BCUT2D eigenvalue weighted by Crippen LogP contribution is 2.20. The number of nitrogens with zero attached hydrogens (tertiary/aromatic N) is 2. The monoisotopic (exact) mass is 281 g/mol. The minimum absolute atomic E-state index is 0.170. The van der Waals surface area contributed by atoms with Crippen LogP contribution in [0.2, 0.25) is 5.02 Å². The first kappa shape index (κ1) is 14.0. The van der Waals surface area contributed by atoms with Gasteiger partial charge in [-0.1, -0.05) is 30.7 Å². The van der Waals surface area contributed by atoms with Gasteiger partial charge in [-0.05, 0) is 24.6 Å². The molecule has 2 aromatic rings. The van der Waals surface area contributed by atoms with Crippen LogP contribution in [0.25, 0.3) is 0 Å². The van der Waals surface area contributed by atoms with Crippen molar-refractivity contribution < 1.29 is 4.39 Å². The Hall–Kier alpha value is -1.39. The van der Waals surface area contributed by atoms with Crippen LogP contribution in [-0.4, -0.2) is 16.3 Å². The zero-order valence-electron chi connectivity index (χ0n) is 10.9. The molecule has 0 aliphatic rings. The second-order valence-corrected chi connectivity index (χ2v) is 4.81. The molecule has 0 saturated carbocycles. The minimum atomic E-state index is -0.392. The van der Waals surface area contributed by atoms with E-state index in [1.165, 1.54) is 6.07 Å². The quantitative estimate of drug-likeness (QED) is 0.824. The fraction of sp³-hybridized carbons (Fsp3) is 0.357. The van der Waals surface area contributed by atoms with Crippen LogP contribution in [0.3, 0.4) is 0 Å². The third-order valence-electron chi connectivity index (χ3n) is 2.81. The standard InChI is InChI=1S/C14H17ClFN3/c1-2-6-17-7-11-8-18-19(9-11)10-12-4-3-5-13(16)14(12)15/h3-5,8-9,17H,2,6-7,10H2,1H3. The Labute approximate surface area is 117 Å². The van der Waals surface area contributed by atoms with E-state index < -0.39 is 5.82 Å². The number of aromatic nitrogens is 2. The van der Waals surface area contributed by atoms with Gasteiger partial charge in [-0.3, -0.25) is 4.68 Å². The summed E-state index contributed by atoms with van der Waals surface area (Å²) in [6.45, 7) is 4.39. The molecule has 102 valence electrons. The van der Waals surface area contributed by atoms with Gasteiger partial charge in [-0.25, -0.2) is 4.39 Å². The molecule has 0 spiro atoms. The van der Waals surface area contributed by atoms with E-state index in [0.29, 0.717) is 6.54 Å². The van der Waals surface area contributed by atoms with Gasteiger partial charge in [0.1, 0.15) is 5.82 Å². The number of rotatable bonds is 6. The molecule has 0 aliphatic heterocycles. The summed E-state index contributed by atoms with van der Waals surface area (Å²) in [4.78, 5) is 0. The molecule has 1 heterocycles. The van der Waals surface area contributed by atoms with Crippen molar-refractivity contribution in [2.24, 2.45) is 0 Å². The largest absolute Gasteiger partial charge is 0.313 e. The van der Waals surface area contributed by atoms with Crippen LogP contribution in [0.1, 0.15) is 24.5 Å². The number of nitrogens with one attached hydrogen (secondary N) is 1. The van der Waals surface area contributed by atoms with Gasteiger partial charge in [-0.2, -0.15) is 5.10 Å². The number of benzene rings is 1. The maximum absolute atomic E-state index is 13.3. The van der Waals surface area contributed by atoms with Gasteiger partial charge >= 0.3 is 0 Å². The second-order valence-electron chi connectivity index (χ2n) is 4.44. The van der Waals surface area contributed by atoms with Crippen molar-refractivity contribution >= 4 is 11.6 Å². The van der Waals surface area contributed by atoms with Crippen molar-refractivity contribution in [1.29, 1.82) is 0 Å². The molecule has 0 bridgehead atoms. The summed E-state index contributed by atoms with van der Waals surface area (Å²) in [5.41, 5.74) is 1.85. The molecule has 1 N–H and O–H groups in total. The molecule has 19 heavy (non-hydrogen) atoms. The van der Waals surface area contributed by atoms with Crippen LogP contribution >= 0.6 is 11.6 Å². The molecule has 0 unspecified atom stereocenters. The Morgan fingerprint density at radius 1 is 1.42 bits per heavy atom. The molecule has 0 fully saturated rings. The van der Waals surface area contributed by atoms with E-state index in [4.69, 9.17) is 11.6 Å². The molecule has 2 rings (SSSR count). The molecule has 3 nitrogen and oxygen atoms in total. The smallest absolute Gasteiger partial charge is 0.142 e. The molecule has 0 radical (unpaired) electrons. The van der Waals surface area contributed by atoms with Crippen LogP contribution in [0, 0.1) is 5.82 Å². The van der Waals surface area contributed by atoms with Gasteiger partial charge in [0.2, 0.25) is 0 Å². The van der Waals surface area contributed by atoms with Gasteiger partial charge in [-0.15, -0.1) is 0 Å². The Kier molecular flexibility index (Phi) is 4.93. The average Bonchev–Trinajstić information content (AvgIpc) is 2.83. The lowest BCUT2D eigenvalue weighted by molar-refractivity contribution is 0.619. The highest BCUT2D eigenvalue weighted by atomic mass is 35.5. The van der Waals surface area contributed by atoms with Gasteiger partial charge in [0.25, 0.3) is 0 Å². The maximum atomic E-state index is 13.3. The van der Waals surface area contributed by atoms with E-state index in [0.717, 1.165) is 30.6 Å². The summed E-state index contributed by atoms with van der Waals surface area (Å²) in [5.74, 6) is -0.392. The van der Waals surface area contributed by atoms with Gasteiger partial charge in [0.05, 0.1) is 17.8 Å². The highest BCUT2D eigenvalue weighted by molar-refractivity contribution is 6.31. The molecule has 0 aliphatic carbocycles. The summed E-state index contributed by atoms with van der Waals surface area (Å²) in [7, 11) is 0. The Morgan fingerprint density at radius 3 is 3.05 bits per heavy atom. The molecule has 0 amide bonds. The molecule has 5 heteroatoms. The number of halogens is 2. The van der Waals surface area contributed by atoms with Crippen molar-refractivity contribution in [3.05, 3.63) is 52.6 Å². The van der Waals surface area contributed by atoms with E-state index in [1.54, 1.807) is 10.7 Å². The molecule has 1 aromatic carbocycles. The lowest BCUT2D eigenvalue weighted by Crippen LogP contribution is -2.13. The minimum Gasteiger partial charge on any atom is -0.313 e. The van der Waals surface area contributed by atoms with E-state index in [-0.39, 0.29) is 5.02 Å². The zero-order chi connectivity index (χ0) is 13.7. The lowest BCUT2D eigenvalue weighted by atomic mass is 10.2. The fourth-order valence-corrected chi connectivity index (χ4v) is 2.02. The summed E-state index contributed by atoms with van der Waals surface area (Å²) in [5, 5.41) is 7.74. The fourth-order valence-electron chi connectivity index (χ4n) is 1.84. The van der Waals surface area contributed by atoms with E-state index >= 15 is 0 Å². The normalized spacial score (nSPS) is 10.9. The first-order valence-electron chi connectivity index (χ1n) is 6.35. The van der Waals surface area contributed by atoms with Crippen molar-refractivity contribution in [2.45, 2.75) is 26.4 Å². The first-order valence-corrected chi connectivity index (χ1v) is 6.73. The Morgan fingerprint density at radius 2 is 2.26 bits per heavy atom. The summed E-state index contributed by atoms with van der Waals surface area (Å²) in [6, 6.07) is 4.82. The van der Waals surface area contributed by atoms with E-state index in [1.807, 2.05) is 18.5 Å². The third kappa shape index (κ3) is 3.78. The lowest BCUT2D eigenvalue weighted by Gasteiger charge is -2.05. The van der Waals surface area contributed by atoms with Crippen LogP contribution in [0.4, 0.5) is 4.39 Å². The molecular weight excluding hydrogens is 265 g/mol. The second kappa shape index (κ2) is 6.68. The predicted molar refractivity (Wildman–Crippen MR) is 74.7 cm³/mol. The summed E-state index contributed by atoms with van der Waals surface area (Å²) >= 11 is 5.92. The summed E-state index contributed by atoms with van der Waals surface area (Å²) in [6.07, 6.45) is 4.87. The van der Waals surface area contributed by atoms with Crippen LogP contribution in [-0.2, 0) is 13.1 Å². The Balaban J connectivity index is 2.01. The maximum Gasteiger partial charge on any atom is 0.142 e. The number of hydrogen-bond acceptors (Lipinski definition) is 2. The molecule has 0 atom stereocenters. The molecule has 0 saturated heterocycles. The topological polar surface area (TPSA) is 29.9 Å². The van der Waals surface area contributed by atoms with Crippen molar-refractivity contribution in [3.63, 3.8) is 0 Å². The van der Waals surface area contributed by atoms with Crippen molar-refractivity contribution in [2.75, 3.05) is 6.54 Å². The van der Waals surface area contributed by atoms with Crippen LogP contribution in [0.5, 0.6) is 0 Å². The third-order valence-corrected chi connectivity index (χ3v) is 3.23. The van der Waals surface area contributed by atoms with Crippen LogP contribution < -0.4 is 5.32 Å². The van der Waals surface area contributed by atoms with E-state index in [9.17, 15) is 4.39 Å². The SMILES string of the molecule is CCCNCc1cnn(Cc2cccc(F)c2Cl)c1. The van der Waals surface area contributed by atoms with Crippen molar-refractivity contribution in [1.82, 2.24) is 15.1 Å². The first-order chi connectivity index (χ1) is 9.20. The molecule has 1 aromatic heterocycles. The van der Waals surface area contributed by atoms with Crippen molar-refractivity contribution in [3.8, 4) is 0 Å². The van der Waals surface area contributed by atoms with Gasteiger partial charge in [0, 0.05) is 18.3 Å². The highest BCUT2D eigenvalue weighted by Gasteiger charge is 2.07.